The van der Waals surface area contributed by atoms with Crippen LogP contribution in [0.25, 0.3) is 0 Å². The molecule has 0 heterocycles. The fraction of sp³-hybridized carbons (Fsp3) is 0.571. The van der Waals surface area contributed by atoms with Gasteiger partial charge in [-0.25, -0.2) is 19.2 Å². The number of hydrogen-bond acceptors (Lipinski definition) is 24. The molecule has 0 saturated carbocycles. The van der Waals surface area contributed by atoms with E-state index < -0.39 is 68.1 Å². The third kappa shape index (κ3) is 48.5. The smallest absolute Gasteiger partial charge is 0.333 e. The second-order valence-electron chi connectivity index (χ2n) is 23.5. The van der Waals surface area contributed by atoms with Crippen molar-refractivity contribution in [1.29, 1.82) is 10.5 Å². The molecule has 2 rings (SSSR count). The molecule has 100 heavy (non-hydrogen) atoms. The van der Waals surface area contributed by atoms with Gasteiger partial charge in [0.1, 0.15) is 43.0 Å². The van der Waals surface area contributed by atoms with Crippen LogP contribution >= 0.6 is 71.5 Å². The maximum atomic E-state index is 13.9. The average molecular weight is 1510 g/mol. The minimum absolute atomic E-state index is 0.0197. The third-order valence-corrected chi connectivity index (χ3v) is 19.1. The summed E-state index contributed by atoms with van der Waals surface area (Å²) < 4.78 is 30.7. The number of carbonyl (C=O) groups is 10. The fourth-order valence-electron chi connectivity index (χ4n) is 7.91. The number of primary amides is 2. The van der Waals surface area contributed by atoms with Crippen LogP contribution in [0.3, 0.4) is 0 Å². The number of carbonyl (C=O) groups excluding carboxylic acids is 10. The Labute approximate surface area is 618 Å². The quantitative estimate of drug-likeness (QED) is 0.0118. The van der Waals surface area contributed by atoms with E-state index in [1.165, 1.54) is 30.4 Å². The van der Waals surface area contributed by atoms with Crippen LogP contribution in [0.2, 0.25) is 0 Å². The summed E-state index contributed by atoms with van der Waals surface area (Å²) in [4.78, 5) is 118. The van der Waals surface area contributed by atoms with E-state index in [2.05, 4.69) is 67.3 Å². The van der Waals surface area contributed by atoms with Gasteiger partial charge in [-0.2, -0.15) is 10.5 Å². The molecule has 6 amide bonds. The van der Waals surface area contributed by atoms with E-state index in [9.17, 15) is 58.5 Å². The van der Waals surface area contributed by atoms with E-state index in [4.69, 9.17) is 64.3 Å². The van der Waals surface area contributed by atoms with Crippen molar-refractivity contribution in [3.05, 3.63) is 96.1 Å². The summed E-state index contributed by atoms with van der Waals surface area (Å²) in [5.41, 5.74) is 9.86. The van der Waals surface area contributed by atoms with Crippen molar-refractivity contribution in [3.8, 4) is 12.1 Å². The number of nitrogens with one attached hydrogen (secondary N) is 4. The van der Waals surface area contributed by atoms with Gasteiger partial charge in [0, 0.05) is 24.0 Å². The Hall–Kier alpha value is -7.22. The highest BCUT2D eigenvalue weighted by atomic mass is 32.2. The first kappa shape index (κ1) is 94.8. The van der Waals surface area contributed by atoms with E-state index >= 15 is 0 Å². The van der Waals surface area contributed by atoms with Crippen molar-refractivity contribution in [2.75, 3.05) is 64.1 Å². The van der Waals surface area contributed by atoms with Gasteiger partial charge in [-0.1, -0.05) is 175 Å². The highest BCUT2D eigenvalue weighted by Gasteiger charge is 2.51. The number of amides is 6. The number of nitrogens with zero attached hydrogens (tertiary/aromatic N) is 2. The monoisotopic (exact) mass is 1500 g/mol. The SMILES string of the molecule is C=C(C)C(=O)OCCCC.C=C(C)C(=O)OCCNC(=O)NCC(N)=O.CCCCOC(=O)C(C)(CC(C)(C#N)CCC(=O)OCc1ccccc1)CC(C)(SC(=S)SCCCC)C(=O)OCCNC(=O)NCC(N)=O.CCCCSC(=S)SC(C)(C#N)CCC(=O)OCc1ccccc1. The predicted molar refractivity (Wildman–Crippen MR) is 404 cm³/mol. The molecule has 0 fully saturated rings. The molecule has 30 heteroatoms. The first-order chi connectivity index (χ1) is 47.2. The summed E-state index contributed by atoms with van der Waals surface area (Å²) in [5, 5.41) is 29.1. The zero-order valence-electron chi connectivity index (χ0n) is 59.6. The van der Waals surface area contributed by atoms with Crippen LogP contribution in [0.5, 0.6) is 0 Å². The molecule has 8 N–H and O–H groups in total. The predicted octanol–water partition coefficient (Wildman–Crippen LogP) is 11.9. The molecule has 4 unspecified atom stereocenters. The minimum atomic E-state index is -1.39. The molecule has 556 valence electrons. The Kier molecular flexibility index (Phi) is 52.6. The number of nitriles is 2. The maximum absolute atomic E-state index is 13.9. The molecule has 2 aromatic carbocycles. The second kappa shape index (κ2) is 55.5. The summed E-state index contributed by atoms with van der Waals surface area (Å²) in [7, 11) is 0. The zero-order valence-corrected chi connectivity index (χ0v) is 64.5. The largest absolute Gasteiger partial charge is 0.465 e. The van der Waals surface area contributed by atoms with Crippen molar-refractivity contribution < 1.29 is 76.4 Å². The molecule has 0 aromatic heterocycles. The van der Waals surface area contributed by atoms with E-state index in [1.54, 1.807) is 39.5 Å². The van der Waals surface area contributed by atoms with Gasteiger partial charge in [0.15, 0.2) is 0 Å². The van der Waals surface area contributed by atoms with Gasteiger partial charge in [-0.3, -0.25) is 28.8 Å². The second-order valence-corrected chi connectivity index (χ2v) is 31.1. The number of rotatable bonds is 42. The molecule has 0 aliphatic heterocycles. The summed E-state index contributed by atoms with van der Waals surface area (Å²) >= 11 is 16.5. The maximum Gasteiger partial charge on any atom is 0.333 e. The summed E-state index contributed by atoms with van der Waals surface area (Å²) in [6, 6.07) is 22.2. The van der Waals surface area contributed by atoms with Crippen LogP contribution in [0.4, 0.5) is 9.59 Å². The third-order valence-electron chi connectivity index (χ3n) is 13.4. The van der Waals surface area contributed by atoms with Crippen LogP contribution < -0.4 is 32.7 Å². The van der Waals surface area contributed by atoms with E-state index in [1.807, 2.05) is 74.5 Å². The van der Waals surface area contributed by atoms with Crippen molar-refractivity contribution in [1.82, 2.24) is 21.3 Å². The molecule has 0 spiro atoms. The lowest BCUT2D eigenvalue weighted by atomic mass is 9.68. The van der Waals surface area contributed by atoms with Crippen molar-refractivity contribution in [3.63, 3.8) is 0 Å². The van der Waals surface area contributed by atoms with Gasteiger partial charge in [-0.05, 0) is 116 Å². The number of ether oxygens (including phenoxy) is 6. The summed E-state index contributed by atoms with van der Waals surface area (Å²) in [5.74, 6) is -2.42. The molecule has 0 aliphatic carbocycles. The number of hydrogen-bond donors (Lipinski definition) is 6. The van der Waals surface area contributed by atoms with Crippen molar-refractivity contribution in [2.24, 2.45) is 22.3 Å². The van der Waals surface area contributed by atoms with Crippen LogP contribution in [-0.2, 0) is 80.0 Å². The normalized spacial score (nSPS) is 12.6. The van der Waals surface area contributed by atoms with E-state index in [0.717, 1.165) is 82.9 Å². The Balaban J connectivity index is 0. The minimum Gasteiger partial charge on any atom is -0.465 e. The number of unbranched alkanes of at least 4 members (excludes halogenated alkanes) is 4. The molecular formula is C70H104N8O16S6. The first-order valence-electron chi connectivity index (χ1n) is 32.7. The molecule has 0 saturated heterocycles. The number of benzene rings is 2. The van der Waals surface area contributed by atoms with Crippen LogP contribution in [0.15, 0.2) is 85.0 Å². The average Bonchev–Trinajstić information content (AvgIpc) is 0.784. The number of urea groups is 2. The van der Waals surface area contributed by atoms with Crippen LogP contribution in [0.1, 0.15) is 170 Å². The van der Waals surface area contributed by atoms with Gasteiger partial charge in [0.2, 0.25) is 11.8 Å². The lowest BCUT2D eigenvalue weighted by molar-refractivity contribution is -0.159. The van der Waals surface area contributed by atoms with Crippen molar-refractivity contribution in [2.45, 2.75) is 182 Å². The zero-order chi connectivity index (χ0) is 76.0. The van der Waals surface area contributed by atoms with Gasteiger partial charge in [-0.15, -0.1) is 23.5 Å². The number of nitrogens with two attached hydrogens (primary N) is 2. The highest BCUT2D eigenvalue weighted by Crippen LogP contribution is 2.48. The van der Waals surface area contributed by atoms with Crippen LogP contribution in [0, 0.1) is 33.5 Å². The number of thioether (sulfide) groups is 4. The summed E-state index contributed by atoms with van der Waals surface area (Å²) in [6.07, 6.45) is 8.12. The van der Waals surface area contributed by atoms with E-state index in [0.29, 0.717) is 28.6 Å². The Morgan fingerprint density at radius 2 is 0.920 bits per heavy atom. The Bertz CT molecular complexity index is 3010. The molecule has 0 radical (unpaired) electrons. The topological polar surface area (TPSA) is 374 Å². The molecule has 2 aromatic rings. The van der Waals surface area contributed by atoms with Gasteiger partial charge < -0.3 is 61.2 Å². The van der Waals surface area contributed by atoms with Crippen molar-refractivity contribution >= 4 is 138 Å². The lowest BCUT2D eigenvalue weighted by Crippen LogP contribution is -2.46. The Morgan fingerprint density at radius 1 is 0.520 bits per heavy atom. The molecule has 0 aliphatic rings. The Morgan fingerprint density at radius 3 is 1.33 bits per heavy atom. The molecule has 0 bridgehead atoms. The lowest BCUT2D eigenvalue weighted by Gasteiger charge is -2.39. The molecule has 4 atom stereocenters. The van der Waals surface area contributed by atoms with E-state index in [-0.39, 0.29) is 109 Å². The number of thiocarbonyl (C=S) groups is 2. The van der Waals surface area contributed by atoms with Crippen LogP contribution in [-0.4, -0.2) is 140 Å². The summed E-state index contributed by atoms with van der Waals surface area (Å²) in [6.45, 7) is 25.4. The molecular weight excluding hydrogens is 1400 g/mol. The van der Waals surface area contributed by atoms with Gasteiger partial charge in [0.25, 0.3) is 0 Å². The van der Waals surface area contributed by atoms with Gasteiger partial charge >= 0.3 is 47.9 Å². The highest BCUT2D eigenvalue weighted by molar-refractivity contribution is 8.48. The fourth-order valence-corrected chi connectivity index (χ4v) is 14.3. The molecule has 24 nitrogen and oxygen atoms in total. The first-order valence-corrected chi connectivity index (χ1v) is 37.2. The number of esters is 6. The standard InChI is InChI=1S/C35H52N4O8S3.C18H23NO2S3.C9H15N3O4.C8H14O2/c1-6-8-18-45-29(42)34(4,23-33(3,25-36)16-15-28(41)47-22-26-13-11-10-12-14-26)24-35(5,50-32(48)49-20-9-7-2)30(43)46-19-17-38-31(44)39-21-27(37)40;1-3-4-12-23-17(22)24-18(2,14-19)11-10-16(20)21-13-15-8-6-5-7-9-15;1-6(2)8(14)16-4-3-11-9(15)12-5-7(10)13;1-4-5-6-10-8(9)7(2)3/h10-14H,6-9,15-24H2,1-5H3,(H2,37,40)(H2,38,39,44);5-9H,3-4,10-13H2,1-2H3;1,3-5H2,2H3,(H2,10,13)(H2,11,12,15);2,4-6H2,1,3H3. The van der Waals surface area contributed by atoms with Gasteiger partial charge in [0.05, 0.1) is 62.4 Å².